The van der Waals surface area contributed by atoms with E-state index in [2.05, 4.69) is 40.0 Å². The van der Waals surface area contributed by atoms with Crippen molar-refractivity contribution < 1.29 is 14.3 Å². The van der Waals surface area contributed by atoms with Crippen molar-refractivity contribution in [3.05, 3.63) is 57.6 Å². The lowest BCUT2D eigenvalue weighted by molar-refractivity contribution is -0.113. The van der Waals surface area contributed by atoms with E-state index in [1.165, 1.54) is 35.1 Å². The number of methoxy groups -OCH3 is 1. The summed E-state index contributed by atoms with van der Waals surface area (Å²) >= 11 is 4.24. The zero-order valence-corrected chi connectivity index (χ0v) is 20.1. The molecule has 0 aliphatic carbocycles. The van der Waals surface area contributed by atoms with Crippen LogP contribution in [0.1, 0.15) is 15.2 Å². The van der Waals surface area contributed by atoms with Gasteiger partial charge in [-0.25, -0.2) is 4.79 Å². The van der Waals surface area contributed by atoms with Gasteiger partial charge in [-0.1, -0.05) is 42.1 Å². The molecule has 0 bridgehead atoms. The molecule has 0 unspecified atom stereocenters. The van der Waals surface area contributed by atoms with Crippen LogP contribution in [0.2, 0.25) is 0 Å². The maximum absolute atomic E-state index is 12.4. The van der Waals surface area contributed by atoms with Gasteiger partial charge in [0.2, 0.25) is 5.91 Å². The van der Waals surface area contributed by atoms with Gasteiger partial charge in [-0.15, -0.1) is 32.9 Å². The van der Waals surface area contributed by atoms with Crippen LogP contribution in [0.5, 0.6) is 0 Å². The summed E-state index contributed by atoms with van der Waals surface area (Å²) in [6.07, 6.45) is 0. The van der Waals surface area contributed by atoms with Crippen molar-refractivity contribution in [2.24, 2.45) is 7.05 Å². The monoisotopic (exact) mass is 484 g/mol. The first-order valence-electron chi connectivity index (χ1n) is 9.61. The van der Waals surface area contributed by atoms with Gasteiger partial charge in [-0.2, -0.15) is 0 Å². The van der Waals surface area contributed by atoms with Crippen LogP contribution in [0.25, 0.3) is 22.5 Å². The van der Waals surface area contributed by atoms with Gasteiger partial charge >= 0.3 is 5.97 Å². The molecule has 0 atom stereocenters. The van der Waals surface area contributed by atoms with Gasteiger partial charge in [0.1, 0.15) is 5.00 Å². The van der Waals surface area contributed by atoms with Crippen molar-refractivity contribution in [1.29, 1.82) is 0 Å². The Kier molecular flexibility index (Phi) is 6.73. The van der Waals surface area contributed by atoms with Crippen LogP contribution in [0.15, 0.2) is 52.3 Å². The summed E-state index contributed by atoms with van der Waals surface area (Å²) in [5, 5.41) is 16.4. The lowest BCUT2D eigenvalue weighted by atomic mass is 10.0. The normalized spacial score (nSPS) is 10.8. The number of benzene rings is 1. The molecular weight excluding hydrogens is 464 g/mol. The van der Waals surface area contributed by atoms with Gasteiger partial charge in [0.15, 0.2) is 11.0 Å². The van der Waals surface area contributed by atoms with Crippen LogP contribution < -0.4 is 5.32 Å². The summed E-state index contributed by atoms with van der Waals surface area (Å²) in [7, 11) is 3.21. The third-order valence-corrected chi connectivity index (χ3v) is 7.53. The minimum Gasteiger partial charge on any atom is -0.465 e. The molecular formula is C22H20N4O3S3. The van der Waals surface area contributed by atoms with E-state index in [-0.39, 0.29) is 11.7 Å². The SMILES string of the molecule is COC(=O)c1ccsc1NC(=O)CSc1nnc(-c2csc(C)c2-c2ccccc2)n1C. The second-order valence-electron chi connectivity index (χ2n) is 6.80. The third-order valence-electron chi connectivity index (χ3n) is 4.77. The first-order valence-corrected chi connectivity index (χ1v) is 12.4. The largest absolute Gasteiger partial charge is 0.465 e. The number of thiophene rings is 2. The molecule has 0 saturated heterocycles. The molecule has 1 amide bonds. The quantitative estimate of drug-likeness (QED) is 0.290. The molecule has 3 aromatic heterocycles. The predicted octanol–water partition coefficient (Wildman–Crippen LogP) is 5.10. The standard InChI is InChI=1S/C22H20N4O3S3/c1-13-18(14-7-5-4-6-8-14)16(11-31-13)19-24-25-22(26(19)2)32-12-17(27)23-20-15(9-10-30-20)21(28)29-3/h4-11H,12H2,1-3H3,(H,23,27). The van der Waals surface area contributed by atoms with Gasteiger partial charge in [-0.3, -0.25) is 4.79 Å². The van der Waals surface area contributed by atoms with E-state index in [0.29, 0.717) is 15.7 Å². The van der Waals surface area contributed by atoms with Gasteiger partial charge in [0.25, 0.3) is 0 Å². The Morgan fingerprint density at radius 1 is 1.16 bits per heavy atom. The zero-order valence-electron chi connectivity index (χ0n) is 17.6. The lowest BCUT2D eigenvalue weighted by Crippen LogP contribution is -2.16. The number of hydrogen-bond acceptors (Lipinski definition) is 8. The summed E-state index contributed by atoms with van der Waals surface area (Å²) in [6, 6.07) is 11.8. The average molecular weight is 485 g/mol. The number of carbonyl (C=O) groups is 2. The third kappa shape index (κ3) is 4.47. The van der Waals surface area contributed by atoms with Crippen LogP contribution in [0.4, 0.5) is 5.00 Å². The van der Waals surface area contributed by atoms with Gasteiger partial charge in [-0.05, 0) is 23.9 Å². The highest BCUT2D eigenvalue weighted by Gasteiger charge is 2.20. The molecule has 0 saturated carbocycles. The molecule has 0 aliphatic heterocycles. The Hall–Kier alpha value is -2.95. The number of rotatable bonds is 7. The number of esters is 1. The van der Waals surface area contributed by atoms with Crippen molar-refractivity contribution >= 4 is 51.3 Å². The van der Waals surface area contributed by atoms with E-state index >= 15 is 0 Å². The molecule has 0 fully saturated rings. The number of nitrogens with zero attached hydrogens (tertiary/aromatic N) is 3. The summed E-state index contributed by atoms with van der Waals surface area (Å²) in [4.78, 5) is 25.4. The Morgan fingerprint density at radius 2 is 1.94 bits per heavy atom. The maximum Gasteiger partial charge on any atom is 0.340 e. The van der Waals surface area contributed by atoms with Crippen LogP contribution >= 0.6 is 34.4 Å². The molecule has 164 valence electrons. The highest BCUT2D eigenvalue weighted by Crippen LogP contribution is 2.38. The predicted molar refractivity (Wildman–Crippen MR) is 130 cm³/mol. The van der Waals surface area contributed by atoms with Crippen LogP contribution in [0.3, 0.4) is 0 Å². The van der Waals surface area contributed by atoms with Crippen molar-refractivity contribution in [2.75, 3.05) is 18.2 Å². The van der Waals surface area contributed by atoms with Gasteiger partial charge in [0.05, 0.1) is 18.4 Å². The highest BCUT2D eigenvalue weighted by atomic mass is 32.2. The van der Waals surface area contributed by atoms with E-state index in [9.17, 15) is 9.59 Å². The Morgan fingerprint density at radius 3 is 2.69 bits per heavy atom. The summed E-state index contributed by atoms with van der Waals surface area (Å²) < 4.78 is 6.64. The number of aromatic nitrogens is 3. The molecule has 0 spiro atoms. The number of thioether (sulfide) groups is 1. The number of ether oxygens (including phenoxy) is 1. The number of aryl methyl sites for hydroxylation is 1. The first-order chi connectivity index (χ1) is 15.5. The fourth-order valence-corrected chi connectivity index (χ4v) is 5.59. The van der Waals surface area contributed by atoms with E-state index in [1.54, 1.807) is 22.8 Å². The molecule has 32 heavy (non-hydrogen) atoms. The Balaban J connectivity index is 1.49. The lowest BCUT2D eigenvalue weighted by Gasteiger charge is -2.07. The minimum absolute atomic E-state index is 0.138. The summed E-state index contributed by atoms with van der Waals surface area (Å²) in [5.74, 6) is 0.178. The van der Waals surface area contributed by atoms with Crippen LogP contribution in [-0.2, 0) is 16.6 Å². The fraction of sp³-hybridized carbons (Fsp3) is 0.182. The number of hydrogen-bond donors (Lipinski definition) is 1. The molecule has 7 nitrogen and oxygen atoms in total. The van der Waals surface area contributed by atoms with Gasteiger partial charge < -0.3 is 14.6 Å². The molecule has 4 rings (SSSR count). The first kappa shape index (κ1) is 22.3. The van der Waals surface area contributed by atoms with Crippen LogP contribution in [0, 0.1) is 6.92 Å². The smallest absolute Gasteiger partial charge is 0.340 e. The summed E-state index contributed by atoms with van der Waals surface area (Å²) in [5.41, 5.74) is 3.65. The second-order valence-corrected chi connectivity index (χ2v) is 9.75. The van der Waals surface area contributed by atoms with Crippen molar-refractivity contribution in [3.63, 3.8) is 0 Å². The summed E-state index contributed by atoms with van der Waals surface area (Å²) in [6.45, 7) is 2.10. The van der Waals surface area contributed by atoms with Crippen molar-refractivity contribution in [1.82, 2.24) is 14.8 Å². The molecule has 3 heterocycles. The molecule has 0 aliphatic rings. The molecule has 1 aromatic carbocycles. The van der Waals surface area contributed by atoms with Crippen molar-refractivity contribution in [2.45, 2.75) is 12.1 Å². The second kappa shape index (κ2) is 9.68. The highest BCUT2D eigenvalue weighted by molar-refractivity contribution is 7.99. The Bertz CT molecular complexity index is 1260. The molecule has 0 radical (unpaired) electrons. The average Bonchev–Trinajstić information content (AvgIpc) is 3.51. The van der Waals surface area contributed by atoms with E-state index in [0.717, 1.165) is 22.5 Å². The number of anilines is 1. The topological polar surface area (TPSA) is 86.1 Å². The fourth-order valence-electron chi connectivity index (χ4n) is 3.23. The Labute approximate surface area is 197 Å². The number of nitrogens with one attached hydrogen (secondary N) is 1. The van der Waals surface area contributed by atoms with E-state index in [4.69, 9.17) is 4.74 Å². The zero-order chi connectivity index (χ0) is 22.7. The molecule has 10 heteroatoms. The molecule has 4 aromatic rings. The van der Waals surface area contributed by atoms with Crippen molar-refractivity contribution in [3.8, 4) is 22.5 Å². The minimum atomic E-state index is -0.479. The van der Waals surface area contributed by atoms with E-state index < -0.39 is 5.97 Å². The van der Waals surface area contributed by atoms with Gasteiger partial charge in [0, 0.05) is 28.4 Å². The maximum atomic E-state index is 12.4. The molecule has 1 N–H and O–H groups in total. The number of amides is 1. The van der Waals surface area contributed by atoms with Crippen LogP contribution in [-0.4, -0.2) is 39.5 Å². The van der Waals surface area contributed by atoms with E-state index in [1.807, 2.05) is 29.8 Å². The number of carbonyl (C=O) groups excluding carboxylic acids is 2.